The van der Waals surface area contributed by atoms with Gasteiger partial charge in [0.2, 0.25) is 0 Å². The molecule has 3 heterocycles. The molecule has 0 saturated carbocycles. The number of aromatic nitrogens is 2. The third kappa shape index (κ3) is 0.628. The Morgan fingerprint density at radius 2 is 2.50 bits per heavy atom. The number of nitrogens with one attached hydrogen (secondary N) is 2. The van der Waals surface area contributed by atoms with E-state index in [1.54, 1.807) is 0 Å². The molecular weight excluding hydrogens is 154 g/mol. The van der Waals surface area contributed by atoms with Crippen LogP contribution in [0.5, 0.6) is 0 Å². The molecule has 0 atom stereocenters. The van der Waals surface area contributed by atoms with E-state index >= 15 is 0 Å². The summed E-state index contributed by atoms with van der Waals surface area (Å²) in [6, 6.07) is 0. The maximum atomic E-state index is 4.38. The van der Waals surface area contributed by atoms with E-state index in [2.05, 4.69) is 25.4 Å². The van der Waals surface area contributed by atoms with E-state index in [1.807, 2.05) is 6.20 Å². The first-order chi connectivity index (χ1) is 5.95. The quantitative estimate of drug-likeness (QED) is 0.551. The summed E-state index contributed by atoms with van der Waals surface area (Å²) >= 11 is 0. The third-order valence-electron chi connectivity index (χ3n) is 2.24. The summed E-state index contributed by atoms with van der Waals surface area (Å²) in [5.74, 6) is 2.08. The summed E-state index contributed by atoms with van der Waals surface area (Å²) in [5.41, 5.74) is 1.18. The number of aliphatic imine (C=N–C) groups is 1. The molecule has 1 aromatic rings. The van der Waals surface area contributed by atoms with Gasteiger partial charge in [0.1, 0.15) is 5.82 Å². The van der Waals surface area contributed by atoms with Crippen LogP contribution < -0.4 is 10.2 Å². The van der Waals surface area contributed by atoms with Crippen LogP contribution in [0.4, 0.5) is 5.82 Å². The first-order valence-electron chi connectivity index (χ1n) is 4.03. The maximum Gasteiger partial charge on any atom is 0.200 e. The molecule has 0 amide bonds. The van der Waals surface area contributed by atoms with E-state index in [9.17, 15) is 0 Å². The van der Waals surface area contributed by atoms with E-state index < -0.39 is 0 Å². The fourth-order valence-electron chi connectivity index (χ4n) is 1.65. The SMILES string of the molecule is c1n[nH]c2c1CN=C1NCCN12. The van der Waals surface area contributed by atoms with Crippen molar-refractivity contribution in [1.82, 2.24) is 15.5 Å². The lowest BCUT2D eigenvalue weighted by Gasteiger charge is -2.20. The van der Waals surface area contributed by atoms with Crippen molar-refractivity contribution in [2.24, 2.45) is 4.99 Å². The summed E-state index contributed by atoms with van der Waals surface area (Å²) in [4.78, 5) is 6.51. The molecule has 0 spiro atoms. The molecule has 1 saturated heterocycles. The van der Waals surface area contributed by atoms with Crippen LogP contribution in [0.3, 0.4) is 0 Å². The van der Waals surface area contributed by atoms with Gasteiger partial charge in [-0.1, -0.05) is 0 Å². The molecule has 1 aromatic heterocycles. The molecule has 2 aliphatic heterocycles. The van der Waals surface area contributed by atoms with E-state index in [1.165, 1.54) is 5.56 Å². The fraction of sp³-hybridized carbons (Fsp3) is 0.429. The Hall–Kier alpha value is -1.52. The minimum Gasteiger partial charge on any atom is -0.354 e. The van der Waals surface area contributed by atoms with Crippen LogP contribution >= 0.6 is 0 Å². The standard InChI is InChI=1S/C7H9N5/c1-2-12-6-5(4-10-11-6)3-9-7(12)8-1/h4H,1-3H2,(H,8,9)(H,10,11). The van der Waals surface area contributed by atoms with E-state index in [0.29, 0.717) is 0 Å². The number of aromatic amines is 1. The average molecular weight is 163 g/mol. The van der Waals surface area contributed by atoms with Gasteiger partial charge in [-0.2, -0.15) is 5.10 Å². The lowest BCUT2D eigenvalue weighted by atomic mass is 10.3. The van der Waals surface area contributed by atoms with E-state index in [-0.39, 0.29) is 0 Å². The molecule has 62 valence electrons. The van der Waals surface area contributed by atoms with Crippen molar-refractivity contribution in [3.63, 3.8) is 0 Å². The Labute approximate surface area is 69.5 Å². The predicted octanol–water partition coefficient (Wildman–Crippen LogP) is -0.311. The Morgan fingerprint density at radius 3 is 3.50 bits per heavy atom. The third-order valence-corrected chi connectivity index (χ3v) is 2.24. The molecule has 2 N–H and O–H groups in total. The lowest BCUT2D eigenvalue weighted by Crippen LogP contribution is -2.33. The van der Waals surface area contributed by atoms with Gasteiger partial charge in [-0.15, -0.1) is 0 Å². The van der Waals surface area contributed by atoms with Crippen molar-refractivity contribution >= 4 is 11.8 Å². The van der Waals surface area contributed by atoms with Crippen LogP contribution in [0.15, 0.2) is 11.2 Å². The maximum absolute atomic E-state index is 4.38. The van der Waals surface area contributed by atoms with Crippen LogP contribution in [0.1, 0.15) is 5.56 Å². The lowest BCUT2D eigenvalue weighted by molar-refractivity contribution is 0.950. The summed E-state index contributed by atoms with van der Waals surface area (Å²) in [6.07, 6.45) is 1.84. The molecule has 1 fully saturated rings. The number of hydrogen-bond acceptors (Lipinski definition) is 4. The van der Waals surface area contributed by atoms with Gasteiger partial charge < -0.3 is 5.32 Å². The molecule has 0 radical (unpaired) electrons. The zero-order chi connectivity index (χ0) is 7.97. The van der Waals surface area contributed by atoms with Gasteiger partial charge in [0.25, 0.3) is 0 Å². The first kappa shape index (κ1) is 6.05. The Bertz CT molecular complexity index is 339. The van der Waals surface area contributed by atoms with Crippen LogP contribution in [-0.4, -0.2) is 29.2 Å². The number of hydrogen-bond donors (Lipinski definition) is 2. The number of fused-ring (bicyclic) bond motifs is 3. The highest BCUT2D eigenvalue weighted by molar-refractivity contribution is 5.98. The van der Waals surface area contributed by atoms with Crippen molar-refractivity contribution in [1.29, 1.82) is 0 Å². The molecule has 0 bridgehead atoms. The zero-order valence-corrected chi connectivity index (χ0v) is 6.54. The van der Waals surface area contributed by atoms with E-state index in [0.717, 1.165) is 31.4 Å². The molecule has 0 aromatic carbocycles. The molecule has 5 nitrogen and oxygen atoms in total. The molecule has 5 heteroatoms. The molecule has 0 aliphatic carbocycles. The second kappa shape index (κ2) is 2.00. The van der Waals surface area contributed by atoms with Crippen molar-refractivity contribution in [2.45, 2.75) is 6.54 Å². The summed E-state index contributed by atoms with van der Waals surface area (Å²) < 4.78 is 0. The molecule has 2 aliphatic rings. The summed E-state index contributed by atoms with van der Waals surface area (Å²) in [6.45, 7) is 2.69. The topological polar surface area (TPSA) is 56.3 Å². The Morgan fingerprint density at radius 1 is 1.50 bits per heavy atom. The van der Waals surface area contributed by atoms with Crippen LogP contribution in [0.2, 0.25) is 0 Å². The smallest absolute Gasteiger partial charge is 0.200 e. The van der Waals surface area contributed by atoms with Gasteiger partial charge in [0.05, 0.1) is 12.7 Å². The second-order valence-corrected chi connectivity index (χ2v) is 2.96. The van der Waals surface area contributed by atoms with E-state index in [4.69, 9.17) is 0 Å². The molecule has 12 heavy (non-hydrogen) atoms. The highest BCUT2D eigenvalue weighted by atomic mass is 15.4. The largest absolute Gasteiger partial charge is 0.354 e. The number of H-pyrrole nitrogens is 1. The van der Waals surface area contributed by atoms with Crippen molar-refractivity contribution < 1.29 is 0 Å². The summed E-state index contributed by atoms with van der Waals surface area (Å²) in [7, 11) is 0. The number of nitrogens with zero attached hydrogens (tertiary/aromatic N) is 3. The highest BCUT2D eigenvalue weighted by Crippen LogP contribution is 2.23. The highest BCUT2D eigenvalue weighted by Gasteiger charge is 2.26. The Balaban J connectivity index is 2.12. The van der Waals surface area contributed by atoms with Crippen molar-refractivity contribution in [3.05, 3.63) is 11.8 Å². The first-order valence-corrected chi connectivity index (χ1v) is 4.03. The number of guanidine groups is 1. The Kier molecular flexibility index (Phi) is 1.01. The van der Waals surface area contributed by atoms with Gasteiger partial charge in [0, 0.05) is 18.7 Å². The van der Waals surface area contributed by atoms with Gasteiger partial charge >= 0.3 is 0 Å². The number of rotatable bonds is 0. The number of anilines is 1. The second-order valence-electron chi connectivity index (χ2n) is 2.96. The minimum absolute atomic E-state index is 0.741. The normalized spacial score (nSPS) is 19.7. The average Bonchev–Trinajstić information content (AvgIpc) is 2.71. The summed E-state index contributed by atoms with van der Waals surface area (Å²) in [5, 5.41) is 10.2. The minimum atomic E-state index is 0.741. The zero-order valence-electron chi connectivity index (χ0n) is 6.54. The van der Waals surface area contributed by atoms with Crippen LogP contribution in [-0.2, 0) is 6.54 Å². The monoisotopic (exact) mass is 163 g/mol. The van der Waals surface area contributed by atoms with Crippen LogP contribution in [0.25, 0.3) is 0 Å². The van der Waals surface area contributed by atoms with Crippen molar-refractivity contribution in [2.75, 3.05) is 18.0 Å². The van der Waals surface area contributed by atoms with Gasteiger partial charge in [-0.3, -0.25) is 10.00 Å². The molecular formula is C7H9N5. The molecule has 0 unspecified atom stereocenters. The predicted molar refractivity (Wildman–Crippen MR) is 45.1 cm³/mol. The van der Waals surface area contributed by atoms with Gasteiger partial charge in [0.15, 0.2) is 5.96 Å². The van der Waals surface area contributed by atoms with Crippen molar-refractivity contribution in [3.8, 4) is 0 Å². The van der Waals surface area contributed by atoms with Gasteiger partial charge in [-0.25, -0.2) is 4.99 Å². The van der Waals surface area contributed by atoms with Gasteiger partial charge in [-0.05, 0) is 0 Å². The van der Waals surface area contributed by atoms with Crippen LogP contribution in [0, 0.1) is 0 Å². The molecule has 3 rings (SSSR count). The fourth-order valence-corrected chi connectivity index (χ4v) is 1.65.